The van der Waals surface area contributed by atoms with Crippen molar-refractivity contribution in [1.29, 1.82) is 0 Å². The third kappa shape index (κ3) is 2.53. The van der Waals surface area contributed by atoms with Gasteiger partial charge in [0.25, 0.3) is 0 Å². The van der Waals surface area contributed by atoms with E-state index in [1.54, 1.807) is 6.20 Å². The first-order valence-electron chi connectivity index (χ1n) is 4.23. The van der Waals surface area contributed by atoms with Crippen LogP contribution in [0.4, 0.5) is 5.82 Å². The average molecular weight is 362 g/mol. The summed E-state index contributed by atoms with van der Waals surface area (Å²) in [6.07, 6.45) is 3.16. The molecule has 0 aliphatic rings. The van der Waals surface area contributed by atoms with Gasteiger partial charge in [-0.25, -0.2) is 15.0 Å². The summed E-state index contributed by atoms with van der Waals surface area (Å²) in [5, 5.41) is 1.58. The van der Waals surface area contributed by atoms with E-state index in [0.717, 1.165) is 14.5 Å². The van der Waals surface area contributed by atoms with Crippen LogP contribution in [0, 0.1) is 0 Å². The van der Waals surface area contributed by atoms with Crippen molar-refractivity contribution < 1.29 is 0 Å². The Labute approximate surface area is 113 Å². The van der Waals surface area contributed by atoms with E-state index in [1.165, 1.54) is 18.1 Å². The van der Waals surface area contributed by atoms with E-state index in [-0.39, 0.29) is 0 Å². The van der Waals surface area contributed by atoms with Gasteiger partial charge < -0.3 is 5.73 Å². The molecule has 0 spiro atoms. The molecule has 2 heterocycles. The third-order valence-electron chi connectivity index (χ3n) is 1.70. The van der Waals surface area contributed by atoms with Crippen LogP contribution in [0.5, 0.6) is 0 Å². The Morgan fingerprint density at radius 3 is 2.69 bits per heavy atom. The molecule has 16 heavy (non-hydrogen) atoms. The molecule has 0 saturated carbocycles. The second-order valence-electron chi connectivity index (χ2n) is 2.77. The molecule has 0 radical (unpaired) electrons. The van der Waals surface area contributed by atoms with Crippen LogP contribution in [0.3, 0.4) is 0 Å². The molecule has 7 heteroatoms. The smallest absolute Gasteiger partial charge is 0.142 e. The van der Waals surface area contributed by atoms with E-state index in [1.807, 2.05) is 12.1 Å². The molecule has 0 fully saturated rings. The predicted molar refractivity (Wildman–Crippen MR) is 70.2 cm³/mol. The molecule has 0 unspecified atom stereocenters. The first-order chi connectivity index (χ1) is 7.68. The molecular weight excluding hydrogens is 356 g/mol. The first-order valence-corrected chi connectivity index (χ1v) is 6.63. The summed E-state index contributed by atoms with van der Waals surface area (Å²) >= 11 is 8.19. The highest BCUT2D eigenvalue weighted by molar-refractivity contribution is 9.11. The zero-order chi connectivity index (χ0) is 11.5. The Hall–Kier alpha value is -0.660. The lowest BCUT2D eigenvalue weighted by atomic mass is 10.5. The van der Waals surface area contributed by atoms with Crippen LogP contribution >= 0.6 is 43.6 Å². The summed E-state index contributed by atoms with van der Waals surface area (Å²) in [4.78, 5) is 12.3. The van der Waals surface area contributed by atoms with Gasteiger partial charge >= 0.3 is 0 Å². The molecule has 0 bridgehead atoms. The van der Waals surface area contributed by atoms with Gasteiger partial charge in [-0.2, -0.15) is 0 Å². The van der Waals surface area contributed by atoms with Gasteiger partial charge in [0, 0.05) is 6.20 Å². The molecule has 4 nitrogen and oxygen atoms in total. The standard InChI is InChI=1S/C9H6Br2N4S/c10-5-2-1-3-13-8(5)16-9-6(11)7(12)14-4-15-9/h1-4H,(H2,12,14,15). The van der Waals surface area contributed by atoms with Gasteiger partial charge in [-0.1, -0.05) is 0 Å². The Morgan fingerprint density at radius 1 is 1.12 bits per heavy atom. The van der Waals surface area contributed by atoms with Gasteiger partial charge in [-0.3, -0.25) is 0 Å². The highest BCUT2D eigenvalue weighted by atomic mass is 79.9. The Bertz CT molecular complexity index is 521. The van der Waals surface area contributed by atoms with Crippen molar-refractivity contribution in [3.05, 3.63) is 33.6 Å². The lowest BCUT2D eigenvalue weighted by Crippen LogP contribution is -1.95. The van der Waals surface area contributed by atoms with Crippen molar-refractivity contribution in [3.8, 4) is 0 Å². The molecule has 0 saturated heterocycles. The number of hydrogen-bond donors (Lipinski definition) is 1. The second kappa shape index (κ2) is 5.11. The molecule has 0 aliphatic carbocycles. The van der Waals surface area contributed by atoms with Crippen molar-refractivity contribution in [2.75, 3.05) is 5.73 Å². The molecular formula is C9H6Br2N4S. The van der Waals surface area contributed by atoms with Crippen LogP contribution < -0.4 is 5.73 Å². The quantitative estimate of drug-likeness (QED) is 0.832. The molecule has 0 atom stereocenters. The zero-order valence-corrected chi connectivity index (χ0v) is 11.9. The SMILES string of the molecule is Nc1ncnc(Sc2ncccc2Br)c1Br. The predicted octanol–water partition coefficient (Wildman–Crippen LogP) is 3.13. The van der Waals surface area contributed by atoms with Crippen LogP contribution in [0.1, 0.15) is 0 Å². The van der Waals surface area contributed by atoms with Gasteiger partial charge in [-0.15, -0.1) is 0 Å². The van der Waals surface area contributed by atoms with Crippen molar-refractivity contribution >= 4 is 49.4 Å². The number of aromatic nitrogens is 3. The van der Waals surface area contributed by atoms with Gasteiger partial charge in [0.2, 0.25) is 0 Å². The topological polar surface area (TPSA) is 64.7 Å². The van der Waals surface area contributed by atoms with Gasteiger partial charge in [0.15, 0.2) is 0 Å². The fourth-order valence-corrected chi connectivity index (χ4v) is 2.68. The van der Waals surface area contributed by atoms with E-state index in [4.69, 9.17) is 5.73 Å². The molecule has 2 aromatic rings. The Balaban J connectivity index is 2.35. The summed E-state index contributed by atoms with van der Waals surface area (Å²) in [5.41, 5.74) is 5.67. The normalized spacial score (nSPS) is 10.4. The number of halogens is 2. The number of hydrogen-bond acceptors (Lipinski definition) is 5. The Kier molecular flexibility index (Phi) is 3.78. The summed E-state index contributed by atoms with van der Waals surface area (Å²) in [6.45, 7) is 0. The monoisotopic (exact) mass is 360 g/mol. The average Bonchev–Trinajstić information content (AvgIpc) is 2.28. The van der Waals surface area contributed by atoms with Crippen LogP contribution in [-0.4, -0.2) is 15.0 Å². The Morgan fingerprint density at radius 2 is 1.94 bits per heavy atom. The minimum absolute atomic E-state index is 0.421. The molecule has 2 N–H and O–H groups in total. The van der Waals surface area contributed by atoms with Crippen molar-refractivity contribution in [1.82, 2.24) is 15.0 Å². The molecule has 2 rings (SSSR count). The summed E-state index contributed by atoms with van der Waals surface area (Å²) in [7, 11) is 0. The lowest BCUT2D eigenvalue weighted by molar-refractivity contribution is 1.02. The largest absolute Gasteiger partial charge is 0.383 e. The highest BCUT2D eigenvalue weighted by Crippen LogP contribution is 2.35. The number of nitrogens with zero attached hydrogens (tertiary/aromatic N) is 3. The van der Waals surface area contributed by atoms with Gasteiger partial charge in [-0.05, 0) is 55.8 Å². The highest BCUT2D eigenvalue weighted by Gasteiger charge is 2.10. The van der Waals surface area contributed by atoms with Crippen molar-refractivity contribution in [2.45, 2.75) is 10.1 Å². The number of rotatable bonds is 2. The van der Waals surface area contributed by atoms with Crippen LogP contribution in [-0.2, 0) is 0 Å². The van der Waals surface area contributed by atoms with Gasteiger partial charge in [0.1, 0.15) is 22.2 Å². The summed E-state index contributed by atoms with van der Waals surface area (Å²) in [6, 6.07) is 3.78. The summed E-state index contributed by atoms with van der Waals surface area (Å²) < 4.78 is 1.61. The van der Waals surface area contributed by atoms with E-state index in [9.17, 15) is 0 Å². The summed E-state index contributed by atoms with van der Waals surface area (Å²) in [5.74, 6) is 0.421. The number of nitrogens with two attached hydrogens (primary N) is 1. The molecule has 2 aromatic heterocycles. The van der Waals surface area contributed by atoms with Crippen molar-refractivity contribution in [3.63, 3.8) is 0 Å². The third-order valence-corrected chi connectivity index (χ3v) is 4.67. The first kappa shape index (κ1) is 11.8. The maximum Gasteiger partial charge on any atom is 0.142 e. The number of nitrogen functional groups attached to an aromatic ring is 1. The molecule has 0 aromatic carbocycles. The maximum atomic E-state index is 5.67. The van der Waals surface area contributed by atoms with Crippen LogP contribution in [0.15, 0.2) is 43.7 Å². The minimum Gasteiger partial charge on any atom is -0.383 e. The molecule has 0 amide bonds. The number of pyridine rings is 1. The molecule has 82 valence electrons. The van der Waals surface area contributed by atoms with E-state index >= 15 is 0 Å². The molecule has 0 aliphatic heterocycles. The van der Waals surface area contributed by atoms with Crippen LogP contribution in [0.2, 0.25) is 0 Å². The fourth-order valence-electron chi connectivity index (χ4n) is 0.975. The number of anilines is 1. The van der Waals surface area contributed by atoms with E-state index < -0.39 is 0 Å². The van der Waals surface area contributed by atoms with E-state index in [0.29, 0.717) is 10.3 Å². The van der Waals surface area contributed by atoms with Crippen LogP contribution in [0.25, 0.3) is 0 Å². The second-order valence-corrected chi connectivity index (χ2v) is 5.40. The van der Waals surface area contributed by atoms with Crippen molar-refractivity contribution in [2.24, 2.45) is 0 Å². The van der Waals surface area contributed by atoms with Gasteiger partial charge in [0.05, 0.1) is 8.95 Å². The van der Waals surface area contributed by atoms with E-state index in [2.05, 4.69) is 46.8 Å². The zero-order valence-electron chi connectivity index (χ0n) is 7.89. The maximum absolute atomic E-state index is 5.67. The minimum atomic E-state index is 0.421. The lowest BCUT2D eigenvalue weighted by Gasteiger charge is -2.04. The fraction of sp³-hybridized carbons (Fsp3) is 0.